The highest BCUT2D eigenvalue weighted by Gasteiger charge is 2.36. The summed E-state index contributed by atoms with van der Waals surface area (Å²) in [6.45, 7) is 6.64. The lowest BCUT2D eigenvalue weighted by molar-refractivity contribution is -0.133. The molecule has 3 aliphatic heterocycles. The van der Waals surface area contributed by atoms with E-state index in [1.165, 1.54) is 5.56 Å². The molecule has 1 N–H and O–H groups in total. The highest BCUT2D eigenvalue weighted by atomic mass is 16.2. The van der Waals surface area contributed by atoms with Gasteiger partial charge in [0.15, 0.2) is 0 Å². The summed E-state index contributed by atoms with van der Waals surface area (Å²) in [5.74, 6) is 0.268. The number of nitrogens with one attached hydrogen (secondary N) is 1. The Morgan fingerprint density at radius 3 is 2.50 bits per heavy atom. The average Bonchev–Trinajstić information content (AvgIpc) is 3.23. The molecule has 1 atom stereocenters. The maximum Gasteiger partial charge on any atom is 0.255 e. The Hall–Kier alpha value is -2.78. The first-order chi connectivity index (χ1) is 17.4. The van der Waals surface area contributed by atoms with Crippen LogP contribution in [0.2, 0.25) is 0 Å². The summed E-state index contributed by atoms with van der Waals surface area (Å²) >= 11 is 0. The molecule has 36 heavy (non-hydrogen) atoms. The molecule has 1 aromatic rings. The Bertz CT molecular complexity index is 967. The Morgan fingerprint density at radius 2 is 1.83 bits per heavy atom. The van der Waals surface area contributed by atoms with Crippen LogP contribution in [0.4, 0.5) is 0 Å². The molecule has 3 heterocycles. The van der Waals surface area contributed by atoms with Gasteiger partial charge in [0, 0.05) is 64.7 Å². The smallest absolute Gasteiger partial charge is 0.255 e. The molecule has 0 radical (unpaired) electrons. The van der Waals surface area contributed by atoms with Crippen molar-refractivity contribution in [2.24, 2.45) is 0 Å². The third-order valence-electron chi connectivity index (χ3n) is 8.01. The lowest BCUT2D eigenvalue weighted by Gasteiger charge is -2.34. The highest BCUT2D eigenvalue weighted by molar-refractivity contribution is 6.01. The van der Waals surface area contributed by atoms with Crippen molar-refractivity contribution in [3.8, 4) is 0 Å². The molecule has 0 bridgehead atoms. The van der Waals surface area contributed by atoms with E-state index in [2.05, 4.69) is 28.2 Å². The molecular weight excluding hydrogens is 458 g/mol. The summed E-state index contributed by atoms with van der Waals surface area (Å²) in [5, 5.41) is 2.62. The Kier molecular flexibility index (Phi) is 8.74. The Balaban J connectivity index is 1.30. The fourth-order valence-electron chi connectivity index (χ4n) is 5.63. The zero-order chi connectivity index (χ0) is 25.7. The first-order valence-electron chi connectivity index (χ1n) is 13.2. The summed E-state index contributed by atoms with van der Waals surface area (Å²) < 4.78 is 0. The normalized spacial score (nSPS) is 20.3. The van der Waals surface area contributed by atoms with Crippen molar-refractivity contribution in [1.82, 2.24) is 24.9 Å². The average molecular weight is 498 g/mol. The van der Waals surface area contributed by atoms with Crippen molar-refractivity contribution in [1.29, 1.82) is 0 Å². The van der Waals surface area contributed by atoms with Crippen LogP contribution in [0.5, 0.6) is 0 Å². The maximum absolute atomic E-state index is 13.2. The van der Waals surface area contributed by atoms with Crippen LogP contribution >= 0.6 is 0 Å². The molecule has 1 aromatic carbocycles. The number of likely N-dealkylation sites (N-methyl/N-ethyl adjacent to an activating group) is 2. The standard InChI is InChI=1S/C27H39N5O4/c1-28-26(35)24(4-3-17-33)32-19-22-6-5-21(18-23(22)27(32)36)20-7-10-30(11-8-20)12-9-25(34)31-15-13-29(2)14-16-31/h5-6,17-18,20,24H,3-4,7-16,19H2,1-2H3,(H,28,35). The van der Waals surface area contributed by atoms with Gasteiger partial charge in [0.1, 0.15) is 12.3 Å². The zero-order valence-electron chi connectivity index (χ0n) is 21.6. The fraction of sp³-hybridized carbons (Fsp3) is 0.630. The van der Waals surface area contributed by atoms with Crippen molar-refractivity contribution in [2.75, 3.05) is 59.9 Å². The number of hydrogen-bond acceptors (Lipinski definition) is 6. The quantitative estimate of drug-likeness (QED) is 0.514. The van der Waals surface area contributed by atoms with Crippen molar-refractivity contribution in [3.63, 3.8) is 0 Å². The third kappa shape index (κ3) is 5.95. The van der Waals surface area contributed by atoms with Gasteiger partial charge in [-0.3, -0.25) is 14.4 Å². The Labute approximate surface area is 213 Å². The largest absolute Gasteiger partial charge is 0.357 e. The SMILES string of the molecule is CNC(=O)C(CCC=O)N1Cc2ccc(C3CCN(CCC(=O)N4CCN(C)CC4)CC3)cc2C1=O. The summed E-state index contributed by atoms with van der Waals surface area (Å²) in [6, 6.07) is 5.51. The van der Waals surface area contributed by atoms with Gasteiger partial charge in [0.2, 0.25) is 11.8 Å². The fourth-order valence-corrected chi connectivity index (χ4v) is 5.63. The molecule has 0 spiro atoms. The van der Waals surface area contributed by atoms with Crippen LogP contribution in [0, 0.1) is 0 Å². The van der Waals surface area contributed by atoms with Gasteiger partial charge < -0.3 is 29.7 Å². The van der Waals surface area contributed by atoms with Crippen molar-refractivity contribution in [2.45, 2.75) is 50.6 Å². The summed E-state index contributed by atoms with van der Waals surface area (Å²) in [6.07, 6.45) is 3.93. The number of carbonyl (C=O) groups excluding carboxylic acids is 4. The molecule has 0 aromatic heterocycles. The summed E-state index contributed by atoms with van der Waals surface area (Å²) in [5.41, 5.74) is 2.78. The lowest BCUT2D eigenvalue weighted by Crippen LogP contribution is -2.48. The number of amides is 3. The van der Waals surface area contributed by atoms with Gasteiger partial charge >= 0.3 is 0 Å². The van der Waals surface area contributed by atoms with Crippen LogP contribution in [0.15, 0.2) is 18.2 Å². The first-order valence-corrected chi connectivity index (χ1v) is 13.2. The van der Waals surface area contributed by atoms with E-state index in [-0.39, 0.29) is 24.1 Å². The molecule has 196 valence electrons. The molecule has 0 aliphatic carbocycles. The van der Waals surface area contributed by atoms with Gasteiger partial charge in [-0.2, -0.15) is 0 Å². The number of rotatable bonds is 9. The molecule has 2 saturated heterocycles. The van der Waals surface area contributed by atoms with E-state index in [1.807, 2.05) is 17.0 Å². The summed E-state index contributed by atoms with van der Waals surface area (Å²) in [7, 11) is 3.65. The molecule has 3 amide bonds. The number of nitrogens with zero attached hydrogens (tertiary/aromatic N) is 4. The van der Waals surface area contributed by atoms with Crippen LogP contribution in [-0.2, 0) is 20.9 Å². The van der Waals surface area contributed by atoms with Crippen LogP contribution in [-0.4, -0.2) is 110 Å². The van der Waals surface area contributed by atoms with Gasteiger partial charge in [0.25, 0.3) is 5.91 Å². The van der Waals surface area contributed by atoms with E-state index >= 15 is 0 Å². The van der Waals surface area contributed by atoms with Crippen LogP contribution in [0.25, 0.3) is 0 Å². The molecule has 9 heteroatoms. The van der Waals surface area contributed by atoms with Crippen LogP contribution in [0.1, 0.15) is 59.5 Å². The third-order valence-corrected chi connectivity index (χ3v) is 8.01. The second kappa shape index (κ2) is 12.0. The van der Waals surface area contributed by atoms with Crippen LogP contribution < -0.4 is 5.32 Å². The van der Waals surface area contributed by atoms with Gasteiger partial charge in [-0.15, -0.1) is 0 Å². The van der Waals surface area contributed by atoms with Crippen molar-refractivity contribution >= 4 is 24.0 Å². The van der Waals surface area contributed by atoms with E-state index in [0.717, 1.165) is 70.5 Å². The molecule has 0 saturated carbocycles. The van der Waals surface area contributed by atoms with Gasteiger partial charge in [-0.25, -0.2) is 0 Å². The van der Waals surface area contributed by atoms with E-state index in [0.29, 0.717) is 30.9 Å². The maximum atomic E-state index is 13.2. The molecule has 9 nitrogen and oxygen atoms in total. The number of carbonyl (C=O) groups is 4. The topological polar surface area (TPSA) is 93.3 Å². The molecule has 4 rings (SSSR count). The van der Waals surface area contributed by atoms with E-state index in [9.17, 15) is 19.2 Å². The minimum atomic E-state index is -0.639. The van der Waals surface area contributed by atoms with Gasteiger partial charge in [-0.1, -0.05) is 12.1 Å². The zero-order valence-corrected chi connectivity index (χ0v) is 21.6. The number of aldehydes is 1. The highest BCUT2D eigenvalue weighted by Crippen LogP contribution is 2.33. The van der Waals surface area contributed by atoms with Crippen LogP contribution in [0.3, 0.4) is 0 Å². The monoisotopic (exact) mass is 497 g/mol. The Morgan fingerprint density at radius 1 is 1.11 bits per heavy atom. The number of piperazine rings is 1. The van der Waals surface area contributed by atoms with E-state index in [1.54, 1.807) is 11.9 Å². The second-order valence-corrected chi connectivity index (χ2v) is 10.3. The van der Waals surface area contributed by atoms with E-state index in [4.69, 9.17) is 0 Å². The predicted molar refractivity (Wildman–Crippen MR) is 137 cm³/mol. The second-order valence-electron chi connectivity index (χ2n) is 10.3. The number of likely N-dealkylation sites (tertiary alicyclic amines) is 1. The molecule has 3 aliphatic rings. The predicted octanol–water partition coefficient (Wildman–Crippen LogP) is 1.08. The van der Waals surface area contributed by atoms with Crippen molar-refractivity contribution < 1.29 is 19.2 Å². The van der Waals surface area contributed by atoms with Gasteiger partial charge in [0.05, 0.1) is 0 Å². The van der Waals surface area contributed by atoms with E-state index < -0.39 is 6.04 Å². The summed E-state index contributed by atoms with van der Waals surface area (Å²) in [4.78, 5) is 57.3. The number of piperidine rings is 1. The number of hydrogen-bond donors (Lipinski definition) is 1. The number of fused-ring (bicyclic) bond motifs is 1. The lowest BCUT2D eigenvalue weighted by atomic mass is 9.88. The molecule has 1 unspecified atom stereocenters. The first kappa shape index (κ1) is 26.3. The minimum Gasteiger partial charge on any atom is -0.357 e. The van der Waals surface area contributed by atoms with Crippen molar-refractivity contribution in [3.05, 3.63) is 34.9 Å². The molecular formula is C27H39N5O4. The molecule has 2 fully saturated rings. The van der Waals surface area contributed by atoms with Gasteiger partial charge in [-0.05, 0) is 62.5 Å². The minimum absolute atomic E-state index is 0.133. The number of benzene rings is 1.